The molecule has 2 aromatic carbocycles. The third-order valence-electron chi connectivity index (χ3n) is 3.82. The number of carbonyl (C=O) groups excluding carboxylic acids is 1. The first-order valence-electron chi connectivity index (χ1n) is 8.54. The van der Waals surface area contributed by atoms with Crippen LogP contribution in [0.2, 0.25) is 0 Å². The van der Waals surface area contributed by atoms with Crippen LogP contribution in [0.15, 0.2) is 60.2 Å². The largest absolute Gasteiger partial charge is 0.334 e. The van der Waals surface area contributed by atoms with Crippen molar-refractivity contribution in [2.24, 2.45) is 5.92 Å². The lowest BCUT2D eigenvalue weighted by atomic mass is 10.1. The van der Waals surface area contributed by atoms with E-state index in [1.54, 1.807) is 0 Å². The molecule has 0 saturated carbocycles. The lowest BCUT2D eigenvalue weighted by molar-refractivity contribution is 0.0752. The highest BCUT2D eigenvalue weighted by Gasteiger charge is 2.17. The molecule has 2 nitrogen and oxygen atoms in total. The average Bonchev–Trinajstić information content (AvgIpc) is 2.55. The first-order chi connectivity index (χ1) is 11.5. The summed E-state index contributed by atoms with van der Waals surface area (Å²) in [6, 6.07) is 18.1. The number of hydrogen-bond donors (Lipinski definition) is 0. The van der Waals surface area contributed by atoms with Gasteiger partial charge in [-0.1, -0.05) is 73.5 Å². The van der Waals surface area contributed by atoms with Crippen LogP contribution in [0.5, 0.6) is 0 Å². The first-order valence-corrected chi connectivity index (χ1v) is 8.54. The Kier molecular flexibility index (Phi) is 6.36. The van der Waals surface area contributed by atoms with Crippen molar-refractivity contribution < 1.29 is 4.79 Å². The predicted octanol–water partition coefficient (Wildman–Crippen LogP) is 5.20. The predicted molar refractivity (Wildman–Crippen MR) is 102 cm³/mol. The van der Waals surface area contributed by atoms with Crippen molar-refractivity contribution in [2.75, 3.05) is 13.1 Å². The highest BCUT2D eigenvalue weighted by molar-refractivity contribution is 5.94. The van der Waals surface area contributed by atoms with Crippen molar-refractivity contribution >= 4 is 12.0 Å². The zero-order chi connectivity index (χ0) is 17.5. The molecule has 2 heteroatoms. The second-order valence-corrected chi connectivity index (χ2v) is 6.85. The second-order valence-electron chi connectivity index (χ2n) is 6.85. The molecule has 1 amide bonds. The van der Waals surface area contributed by atoms with Crippen molar-refractivity contribution in [3.05, 3.63) is 76.9 Å². The minimum absolute atomic E-state index is 0.101. The summed E-state index contributed by atoms with van der Waals surface area (Å²) in [5, 5.41) is 0. The normalized spacial score (nSPS) is 11.6. The van der Waals surface area contributed by atoms with Gasteiger partial charge in [-0.2, -0.15) is 0 Å². The van der Waals surface area contributed by atoms with E-state index in [1.165, 1.54) is 16.7 Å². The van der Waals surface area contributed by atoms with Crippen molar-refractivity contribution in [1.29, 1.82) is 0 Å². The summed E-state index contributed by atoms with van der Waals surface area (Å²) >= 11 is 0. The van der Waals surface area contributed by atoms with Gasteiger partial charge in [-0.05, 0) is 37.5 Å². The maximum Gasteiger partial charge on any atom is 0.254 e. The van der Waals surface area contributed by atoms with Crippen LogP contribution in [0.1, 0.15) is 42.3 Å². The highest BCUT2D eigenvalue weighted by atomic mass is 16.2. The van der Waals surface area contributed by atoms with Gasteiger partial charge in [-0.3, -0.25) is 4.79 Å². The lowest BCUT2D eigenvalue weighted by Crippen LogP contribution is -2.35. The molecule has 0 heterocycles. The third kappa shape index (κ3) is 5.38. The maximum absolute atomic E-state index is 12.9. The van der Waals surface area contributed by atoms with Crippen molar-refractivity contribution in [3.8, 4) is 0 Å². The van der Waals surface area contributed by atoms with Gasteiger partial charge in [-0.25, -0.2) is 0 Å². The van der Waals surface area contributed by atoms with Gasteiger partial charge in [0.05, 0.1) is 0 Å². The fraction of sp³-hybridized carbons (Fsp3) is 0.318. The minimum atomic E-state index is 0.101. The number of hydrogen-bond acceptors (Lipinski definition) is 1. The Morgan fingerprint density at radius 1 is 1.04 bits per heavy atom. The molecule has 24 heavy (non-hydrogen) atoms. The Labute approximate surface area is 145 Å². The van der Waals surface area contributed by atoms with E-state index in [0.29, 0.717) is 12.5 Å². The first kappa shape index (κ1) is 18.0. The van der Waals surface area contributed by atoms with Gasteiger partial charge >= 0.3 is 0 Å². The summed E-state index contributed by atoms with van der Waals surface area (Å²) in [5.74, 6) is 0.536. The van der Waals surface area contributed by atoms with Crippen LogP contribution in [0, 0.1) is 12.8 Å². The molecular weight excluding hydrogens is 294 g/mol. The highest BCUT2D eigenvalue weighted by Crippen LogP contribution is 2.13. The van der Waals surface area contributed by atoms with Crippen LogP contribution >= 0.6 is 0 Å². The summed E-state index contributed by atoms with van der Waals surface area (Å²) in [4.78, 5) is 14.8. The van der Waals surface area contributed by atoms with Crippen LogP contribution < -0.4 is 0 Å². The molecular formula is C22H27NO. The van der Waals surface area contributed by atoms with Crippen LogP contribution in [0.4, 0.5) is 0 Å². The summed E-state index contributed by atoms with van der Waals surface area (Å²) in [7, 11) is 0. The van der Waals surface area contributed by atoms with Gasteiger partial charge in [0.2, 0.25) is 0 Å². The van der Waals surface area contributed by atoms with E-state index in [9.17, 15) is 4.79 Å². The molecule has 0 aliphatic rings. The number of benzene rings is 2. The smallest absolute Gasteiger partial charge is 0.254 e. The Morgan fingerprint density at radius 3 is 2.25 bits per heavy atom. The quantitative estimate of drug-likeness (QED) is 0.716. The van der Waals surface area contributed by atoms with Gasteiger partial charge in [-0.15, -0.1) is 0 Å². The molecule has 0 aliphatic heterocycles. The standard InChI is InChI=1S/C22H27NO/c1-17(2)15-23(22(24)21-12-10-18(3)11-13-21)16-19(4)14-20-8-6-5-7-9-20/h5-14,17H,15-16H2,1-4H3. The van der Waals surface area contributed by atoms with Gasteiger partial charge in [0.1, 0.15) is 0 Å². The maximum atomic E-state index is 12.9. The van der Waals surface area contributed by atoms with E-state index in [0.717, 1.165) is 12.1 Å². The SMILES string of the molecule is CC(=Cc1ccccc1)CN(CC(C)C)C(=O)c1ccc(C)cc1. The lowest BCUT2D eigenvalue weighted by Gasteiger charge is -2.25. The van der Waals surface area contributed by atoms with Crippen LogP contribution in [-0.4, -0.2) is 23.9 Å². The number of rotatable bonds is 6. The van der Waals surface area contributed by atoms with E-state index < -0.39 is 0 Å². The van der Waals surface area contributed by atoms with E-state index in [1.807, 2.05) is 54.3 Å². The molecule has 126 valence electrons. The number of amides is 1. The van der Waals surface area contributed by atoms with Crippen molar-refractivity contribution in [3.63, 3.8) is 0 Å². The third-order valence-corrected chi connectivity index (χ3v) is 3.82. The zero-order valence-corrected chi connectivity index (χ0v) is 15.1. The molecule has 0 atom stereocenters. The Hall–Kier alpha value is -2.35. The van der Waals surface area contributed by atoms with Gasteiger partial charge < -0.3 is 4.90 Å². The van der Waals surface area contributed by atoms with Crippen LogP contribution in [-0.2, 0) is 0 Å². The fourth-order valence-electron chi connectivity index (χ4n) is 2.72. The molecule has 0 aliphatic carbocycles. The van der Waals surface area contributed by atoms with Crippen molar-refractivity contribution in [1.82, 2.24) is 4.90 Å². The topological polar surface area (TPSA) is 20.3 Å². The molecule has 0 N–H and O–H groups in total. The molecule has 0 saturated heterocycles. The number of aryl methyl sites for hydroxylation is 1. The van der Waals surface area contributed by atoms with E-state index in [4.69, 9.17) is 0 Å². The molecule has 0 aromatic heterocycles. The molecule has 2 aromatic rings. The molecule has 0 unspecified atom stereocenters. The van der Waals surface area contributed by atoms with Crippen molar-refractivity contribution in [2.45, 2.75) is 27.7 Å². The second kappa shape index (κ2) is 8.49. The molecule has 0 spiro atoms. The molecule has 2 rings (SSSR count). The fourth-order valence-corrected chi connectivity index (χ4v) is 2.72. The van der Waals surface area contributed by atoms with E-state index >= 15 is 0 Å². The molecule has 0 fully saturated rings. The summed E-state index contributed by atoms with van der Waals surface area (Å²) in [6.45, 7) is 9.82. The molecule has 0 radical (unpaired) electrons. The minimum Gasteiger partial charge on any atom is -0.334 e. The van der Waals surface area contributed by atoms with Crippen LogP contribution in [0.3, 0.4) is 0 Å². The Bertz CT molecular complexity index is 684. The molecule has 0 bridgehead atoms. The summed E-state index contributed by atoms with van der Waals surface area (Å²) in [6.07, 6.45) is 2.15. The number of carbonyl (C=O) groups is 1. The van der Waals surface area contributed by atoms with Crippen LogP contribution in [0.25, 0.3) is 6.08 Å². The zero-order valence-electron chi connectivity index (χ0n) is 15.1. The monoisotopic (exact) mass is 321 g/mol. The van der Waals surface area contributed by atoms with Gasteiger partial charge in [0.15, 0.2) is 0 Å². The average molecular weight is 321 g/mol. The summed E-state index contributed by atoms with van der Waals surface area (Å²) in [5.41, 5.74) is 4.28. The van der Waals surface area contributed by atoms with Gasteiger partial charge in [0.25, 0.3) is 5.91 Å². The van der Waals surface area contributed by atoms with E-state index in [2.05, 4.69) is 39.0 Å². The van der Waals surface area contributed by atoms with Gasteiger partial charge in [0, 0.05) is 18.7 Å². The summed E-state index contributed by atoms with van der Waals surface area (Å²) < 4.78 is 0. The number of nitrogens with zero attached hydrogens (tertiary/aromatic N) is 1. The Morgan fingerprint density at radius 2 is 1.67 bits per heavy atom. The Balaban J connectivity index is 2.17. The van der Waals surface area contributed by atoms with E-state index in [-0.39, 0.29) is 5.91 Å².